The van der Waals surface area contributed by atoms with Gasteiger partial charge in [-0.25, -0.2) is 0 Å². The van der Waals surface area contributed by atoms with Crippen LogP contribution in [0.3, 0.4) is 0 Å². The summed E-state index contributed by atoms with van der Waals surface area (Å²) < 4.78 is 6.15. The van der Waals surface area contributed by atoms with E-state index in [0.717, 1.165) is 23.5 Å². The average molecular weight is 268 g/mol. The second-order valence-electron chi connectivity index (χ2n) is 6.33. The summed E-state index contributed by atoms with van der Waals surface area (Å²) in [6, 6.07) is 7.99. The Hall–Kier alpha value is -1.41. The Balaban J connectivity index is 1.66. The van der Waals surface area contributed by atoms with Gasteiger partial charge in [0.2, 0.25) is 0 Å². The first-order valence-electron chi connectivity index (χ1n) is 7.78. The lowest BCUT2D eigenvalue weighted by molar-refractivity contribution is 0.0258. The minimum Gasteiger partial charge on any atom is -0.373 e. The largest absolute Gasteiger partial charge is 0.373 e. The second kappa shape index (κ2) is 4.85. The van der Waals surface area contributed by atoms with Gasteiger partial charge in [0, 0.05) is 12.0 Å². The van der Waals surface area contributed by atoms with E-state index >= 15 is 0 Å². The average Bonchev–Trinajstić information content (AvgIpc) is 3.01. The number of ketones is 1. The molecule has 1 aromatic carbocycles. The molecule has 3 aliphatic rings. The minimum absolute atomic E-state index is 0.284. The fraction of sp³-hybridized carbons (Fsp3) is 0.500. The minimum atomic E-state index is 0.284. The molecule has 1 aliphatic heterocycles. The first kappa shape index (κ1) is 12.3. The van der Waals surface area contributed by atoms with Gasteiger partial charge in [0.1, 0.15) is 0 Å². The molecule has 1 saturated carbocycles. The maximum Gasteiger partial charge on any atom is 0.167 e. The van der Waals surface area contributed by atoms with E-state index in [1.807, 2.05) is 18.2 Å². The zero-order valence-electron chi connectivity index (χ0n) is 11.7. The van der Waals surface area contributed by atoms with Crippen LogP contribution in [0.4, 0.5) is 0 Å². The van der Waals surface area contributed by atoms with Crippen molar-refractivity contribution in [2.75, 3.05) is 6.61 Å². The second-order valence-corrected chi connectivity index (χ2v) is 6.33. The highest BCUT2D eigenvalue weighted by Gasteiger charge is 2.34. The molecule has 1 heterocycles. The summed E-state index contributed by atoms with van der Waals surface area (Å²) in [5.74, 6) is 1.00. The molecule has 2 heteroatoms. The van der Waals surface area contributed by atoms with Crippen LogP contribution in [0.5, 0.6) is 0 Å². The summed E-state index contributed by atoms with van der Waals surface area (Å²) in [6.45, 7) is 0.695. The van der Waals surface area contributed by atoms with E-state index in [-0.39, 0.29) is 5.78 Å². The molecule has 0 spiro atoms. The monoisotopic (exact) mass is 268 g/mol. The normalized spacial score (nSPS) is 26.6. The van der Waals surface area contributed by atoms with Crippen molar-refractivity contribution in [3.05, 3.63) is 41.0 Å². The molecule has 0 aromatic heterocycles. The molecule has 1 aromatic rings. The molecule has 0 radical (unpaired) electrons. The molecule has 2 nitrogen and oxygen atoms in total. The van der Waals surface area contributed by atoms with E-state index < -0.39 is 0 Å². The molecule has 0 amide bonds. The number of hydrogen-bond donors (Lipinski definition) is 0. The third-order valence-electron chi connectivity index (χ3n) is 5.17. The van der Waals surface area contributed by atoms with Crippen LogP contribution in [0.15, 0.2) is 29.8 Å². The van der Waals surface area contributed by atoms with Crippen molar-refractivity contribution in [1.82, 2.24) is 0 Å². The molecule has 20 heavy (non-hydrogen) atoms. The van der Waals surface area contributed by atoms with Gasteiger partial charge in [0.05, 0.1) is 12.7 Å². The summed E-state index contributed by atoms with van der Waals surface area (Å²) in [7, 11) is 0. The molecule has 4 rings (SSSR count). The zero-order chi connectivity index (χ0) is 13.5. The van der Waals surface area contributed by atoms with Gasteiger partial charge >= 0.3 is 0 Å². The number of Topliss-reactive ketones (excluding diaryl/α,β-unsaturated/α-hetero) is 1. The van der Waals surface area contributed by atoms with E-state index in [2.05, 4.69) is 6.07 Å². The number of hydrogen-bond acceptors (Lipinski definition) is 2. The van der Waals surface area contributed by atoms with Crippen LogP contribution in [0.25, 0.3) is 5.57 Å². The molecule has 0 N–H and O–H groups in total. The Labute approximate surface area is 119 Å². The summed E-state index contributed by atoms with van der Waals surface area (Å²) in [5.41, 5.74) is 4.63. The Morgan fingerprint density at radius 2 is 1.80 bits per heavy atom. The van der Waals surface area contributed by atoms with Crippen molar-refractivity contribution in [2.24, 2.45) is 5.92 Å². The van der Waals surface area contributed by atoms with E-state index in [0.29, 0.717) is 19.1 Å². The first-order valence-corrected chi connectivity index (χ1v) is 7.78. The fourth-order valence-electron chi connectivity index (χ4n) is 4.07. The molecule has 104 valence electrons. The van der Waals surface area contributed by atoms with Crippen LogP contribution in [0.2, 0.25) is 0 Å². The topological polar surface area (TPSA) is 26.3 Å². The van der Waals surface area contributed by atoms with Crippen LogP contribution in [-0.4, -0.2) is 18.5 Å². The van der Waals surface area contributed by atoms with Gasteiger partial charge < -0.3 is 4.74 Å². The van der Waals surface area contributed by atoms with Crippen molar-refractivity contribution in [2.45, 2.75) is 44.6 Å². The maximum absolute atomic E-state index is 12.3. The van der Waals surface area contributed by atoms with Crippen LogP contribution in [-0.2, 0) is 4.74 Å². The number of ether oxygens (including phenoxy) is 1. The number of carbonyl (C=O) groups is 1. The first-order chi connectivity index (χ1) is 9.83. The number of benzene rings is 1. The van der Waals surface area contributed by atoms with E-state index in [4.69, 9.17) is 4.74 Å². The van der Waals surface area contributed by atoms with Crippen molar-refractivity contribution >= 4 is 11.4 Å². The van der Waals surface area contributed by atoms with Crippen molar-refractivity contribution < 1.29 is 9.53 Å². The quantitative estimate of drug-likeness (QED) is 0.769. The van der Waals surface area contributed by atoms with E-state index in [1.165, 1.54) is 36.8 Å². The molecular weight excluding hydrogens is 248 g/mol. The highest BCUT2D eigenvalue weighted by atomic mass is 16.5. The number of carbonyl (C=O) groups excluding carboxylic acids is 1. The third-order valence-corrected chi connectivity index (χ3v) is 5.17. The molecule has 1 atom stereocenters. The van der Waals surface area contributed by atoms with Crippen LogP contribution in [0.1, 0.15) is 54.4 Å². The Bertz CT molecular complexity index is 579. The lowest BCUT2D eigenvalue weighted by Gasteiger charge is -2.34. The highest BCUT2D eigenvalue weighted by molar-refractivity contribution is 6.06. The molecule has 0 saturated heterocycles. The molecule has 1 fully saturated rings. The molecule has 0 bridgehead atoms. The lowest BCUT2D eigenvalue weighted by Crippen LogP contribution is -2.30. The summed E-state index contributed by atoms with van der Waals surface area (Å²) in [5, 5.41) is 0. The van der Waals surface area contributed by atoms with Gasteiger partial charge in [-0.05, 0) is 36.3 Å². The molecule has 0 unspecified atom stereocenters. The predicted molar refractivity (Wildman–Crippen MR) is 78.6 cm³/mol. The highest BCUT2D eigenvalue weighted by Crippen LogP contribution is 2.41. The smallest absolute Gasteiger partial charge is 0.167 e. The van der Waals surface area contributed by atoms with Gasteiger partial charge in [-0.1, -0.05) is 42.7 Å². The number of fused-ring (bicyclic) bond motifs is 2. The summed E-state index contributed by atoms with van der Waals surface area (Å²) >= 11 is 0. The van der Waals surface area contributed by atoms with Crippen LogP contribution >= 0.6 is 0 Å². The maximum atomic E-state index is 12.3. The number of rotatable bonds is 1. The molecule has 2 aliphatic carbocycles. The van der Waals surface area contributed by atoms with Crippen LogP contribution in [0, 0.1) is 5.92 Å². The zero-order valence-corrected chi connectivity index (χ0v) is 11.7. The fourth-order valence-corrected chi connectivity index (χ4v) is 4.07. The van der Waals surface area contributed by atoms with Gasteiger partial charge in [-0.2, -0.15) is 0 Å². The lowest BCUT2D eigenvalue weighted by atomic mass is 9.80. The van der Waals surface area contributed by atoms with Crippen molar-refractivity contribution in [1.29, 1.82) is 0 Å². The summed E-state index contributed by atoms with van der Waals surface area (Å²) in [4.78, 5) is 12.3. The predicted octanol–water partition coefficient (Wildman–Crippen LogP) is 4.01. The Morgan fingerprint density at radius 1 is 1.05 bits per heavy atom. The van der Waals surface area contributed by atoms with Gasteiger partial charge in [-0.3, -0.25) is 4.79 Å². The Kier molecular flexibility index (Phi) is 2.99. The standard InChI is InChI=1S/C18H20O2/c19-17-9-13-10-18(12-5-1-2-6-12)20-11-16(13)14-7-3-4-8-15(14)17/h3-4,7-8,12,18H,1-2,5-6,9-11H2/t18-/m1/s1. The van der Waals surface area contributed by atoms with E-state index in [9.17, 15) is 4.79 Å². The van der Waals surface area contributed by atoms with Crippen molar-refractivity contribution in [3.8, 4) is 0 Å². The van der Waals surface area contributed by atoms with Gasteiger partial charge in [0.25, 0.3) is 0 Å². The summed E-state index contributed by atoms with van der Waals surface area (Å²) in [6.07, 6.45) is 7.24. The SMILES string of the molecule is O=C1CC2=C(CO[C@@H](C3CCCC3)C2)c2ccccc21. The van der Waals surface area contributed by atoms with Gasteiger partial charge in [-0.15, -0.1) is 0 Å². The van der Waals surface area contributed by atoms with E-state index in [1.54, 1.807) is 0 Å². The molecular formula is C18H20O2. The van der Waals surface area contributed by atoms with Crippen molar-refractivity contribution in [3.63, 3.8) is 0 Å². The van der Waals surface area contributed by atoms with Crippen LogP contribution < -0.4 is 0 Å². The third kappa shape index (κ3) is 1.94. The van der Waals surface area contributed by atoms with Gasteiger partial charge in [0.15, 0.2) is 5.78 Å². The Morgan fingerprint density at radius 3 is 2.60 bits per heavy atom.